The number of carbonyl (C=O) groups is 2. The van der Waals surface area contributed by atoms with Crippen LogP contribution in [0.3, 0.4) is 0 Å². The third-order valence-electron chi connectivity index (χ3n) is 6.33. The normalized spacial score (nSPS) is 33.2. The number of nitrogens with zero attached hydrogens (tertiary/aromatic N) is 1. The molecule has 0 N–H and O–H groups in total. The molecule has 2 amide bonds. The zero-order valence-electron chi connectivity index (χ0n) is 13.6. The fourth-order valence-electron chi connectivity index (χ4n) is 5.39. The summed E-state index contributed by atoms with van der Waals surface area (Å²) >= 11 is 0. The molecule has 1 saturated heterocycles. The second-order valence-electron chi connectivity index (χ2n) is 7.45. The Hall–Kier alpha value is -2.49. The summed E-state index contributed by atoms with van der Waals surface area (Å²) in [7, 11) is 0. The maximum absolute atomic E-state index is 13.2. The zero-order valence-corrected chi connectivity index (χ0v) is 13.6. The van der Waals surface area contributed by atoms with Crippen molar-refractivity contribution in [2.45, 2.75) is 18.8 Å². The monoisotopic (exact) mass is 335 g/mol. The molecule has 3 nitrogen and oxygen atoms in total. The fourth-order valence-corrected chi connectivity index (χ4v) is 5.39. The van der Waals surface area contributed by atoms with Crippen molar-refractivity contribution < 1.29 is 14.0 Å². The molecule has 1 heterocycles. The highest BCUT2D eigenvalue weighted by Gasteiger charge is 2.64. The molecule has 2 saturated carbocycles. The largest absolute Gasteiger partial charge is 0.274 e. The summed E-state index contributed by atoms with van der Waals surface area (Å²) in [6.45, 7) is 0. The van der Waals surface area contributed by atoms with E-state index in [1.807, 2.05) is 18.2 Å². The SMILES string of the molecule is O=C1C2C3CC(c4ccccc4)C(C3)C2C(=O)N1c1ccc(F)cc1. The highest BCUT2D eigenvalue weighted by atomic mass is 19.1. The lowest BCUT2D eigenvalue weighted by Crippen LogP contribution is -2.32. The molecule has 0 spiro atoms. The van der Waals surface area contributed by atoms with E-state index in [0.29, 0.717) is 11.6 Å². The minimum atomic E-state index is -0.368. The standard InChI is InChI=1S/C21H18FNO2/c22-14-6-8-15(9-7-14)23-20(24)18-13-10-16(12-4-2-1-3-5-12)17(11-13)19(18)21(23)25/h1-9,13,16-19H,10-11H2. The molecule has 3 fully saturated rings. The van der Waals surface area contributed by atoms with Crippen LogP contribution in [0, 0.1) is 29.5 Å². The Morgan fingerprint density at radius 3 is 2.24 bits per heavy atom. The first-order valence-corrected chi connectivity index (χ1v) is 8.83. The lowest BCUT2D eigenvalue weighted by Gasteiger charge is -2.28. The Kier molecular flexibility index (Phi) is 3.11. The van der Waals surface area contributed by atoms with Crippen molar-refractivity contribution in [3.8, 4) is 0 Å². The van der Waals surface area contributed by atoms with Crippen molar-refractivity contribution in [3.05, 3.63) is 66.0 Å². The van der Waals surface area contributed by atoms with Gasteiger partial charge in [-0.05, 0) is 60.4 Å². The van der Waals surface area contributed by atoms with Gasteiger partial charge in [0.05, 0.1) is 17.5 Å². The Morgan fingerprint density at radius 1 is 0.840 bits per heavy atom. The van der Waals surface area contributed by atoms with Gasteiger partial charge < -0.3 is 0 Å². The number of carbonyl (C=O) groups excluding carboxylic acids is 2. The van der Waals surface area contributed by atoms with Gasteiger partial charge in [0.1, 0.15) is 5.82 Å². The Bertz CT molecular complexity index is 848. The van der Waals surface area contributed by atoms with Crippen LogP contribution in [0.1, 0.15) is 24.3 Å². The number of halogens is 1. The number of hydrogen-bond donors (Lipinski definition) is 0. The van der Waals surface area contributed by atoms with Gasteiger partial charge in [0.15, 0.2) is 0 Å². The lowest BCUT2D eigenvalue weighted by molar-refractivity contribution is -0.123. The smallest absolute Gasteiger partial charge is 0.237 e. The summed E-state index contributed by atoms with van der Waals surface area (Å²) in [5.74, 6) is -0.106. The van der Waals surface area contributed by atoms with Gasteiger partial charge in [-0.15, -0.1) is 0 Å². The molecule has 25 heavy (non-hydrogen) atoms. The number of hydrogen-bond acceptors (Lipinski definition) is 2. The second kappa shape index (κ2) is 5.25. The Balaban J connectivity index is 1.49. The van der Waals surface area contributed by atoms with Crippen LogP contribution in [-0.2, 0) is 9.59 Å². The predicted octanol–water partition coefficient (Wildman–Crippen LogP) is 3.75. The van der Waals surface area contributed by atoms with E-state index in [2.05, 4.69) is 12.1 Å². The molecule has 3 aliphatic rings. The molecule has 0 aromatic heterocycles. The van der Waals surface area contributed by atoms with E-state index in [9.17, 15) is 14.0 Å². The van der Waals surface area contributed by atoms with Gasteiger partial charge in [0, 0.05) is 0 Å². The van der Waals surface area contributed by atoms with Crippen molar-refractivity contribution in [3.63, 3.8) is 0 Å². The van der Waals surface area contributed by atoms with E-state index < -0.39 is 0 Å². The molecule has 2 aromatic carbocycles. The quantitative estimate of drug-likeness (QED) is 0.784. The van der Waals surface area contributed by atoms with Crippen LogP contribution < -0.4 is 4.90 Å². The maximum atomic E-state index is 13.2. The maximum Gasteiger partial charge on any atom is 0.237 e. The summed E-state index contributed by atoms with van der Waals surface area (Å²) in [6.07, 6.45) is 1.94. The Labute approximate surface area is 145 Å². The van der Waals surface area contributed by atoms with Crippen molar-refractivity contribution in [1.82, 2.24) is 0 Å². The average molecular weight is 335 g/mol. The van der Waals surface area contributed by atoms with Gasteiger partial charge in [0.2, 0.25) is 11.8 Å². The molecule has 1 aliphatic heterocycles. The first kappa shape index (κ1) is 14.8. The Morgan fingerprint density at radius 2 is 1.52 bits per heavy atom. The molecule has 5 rings (SSSR count). The van der Waals surface area contributed by atoms with Gasteiger partial charge in [-0.3, -0.25) is 14.5 Å². The van der Waals surface area contributed by atoms with Crippen LogP contribution in [0.15, 0.2) is 54.6 Å². The van der Waals surface area contributed by atoms with Crippen LogP contribution in [0.4, 0.5) is 10.1 Å². The average Bonchev–Trinajstić information content (AvgIpc) is 3.29. The highest BCUT2D eigenvalue weighted by Crippen LogP contribution is 2.61. The van der Waals surface area contributed by atoms with E-state index in [4.69, 9.17) is 0 Å². The molecule has 2 bridgehead atoms. The molecule has 5 atom stereocenters. The number of imide groups is 1. The van der Waals surface area contributed by atoms with Crippen LogP contribution in [0.5, 0.6) is 0 Å². The van der Waals surface area contributed by atoms with Gasteiger partial charge >= 0.3 is 0 Å². The third-order valence-corrected chi connectivity index (χ3v) is 6.33. The van der Waals surface area contributed by atoms with Crippen molar-refractivity contribution in [2.75, 3.05) is 4.90 Å². The molecule has 126 valence electrons. The number of rotatable bonds is 2. The minimum Gasteiger partial charge on any atom is -0.274 e. The van der Waals surface area contributed by atoms with E-state index in [1.54, 1.807) is 0 Å². The van der Waals surface area contributed by atoms with Gasteiger partial charge in [-0.25, -0.2) is 4.39 Å². The summed E-state index contributed by atoms with van der Waals surface area (Å²) in [5.41, 5.74) is 1.76. The molecule has 4 heteroatoms. The summed E-state index contributed by atoms with van der Waals surface area (Å²) in [4.78, 5) is 27.3. The van der Waals surface area contributed by atoms with Gasteiger partial charge in [-0.2, -0.15) is 0 Å². The third kappa shape index (κ3) is 2.03. The summed E-state index contributed by atoms with van der Waals surface area (Å²) in [5, 5.41) is 0. The molecule has 2 aliphatic carbocycles. The number of fused-ring (bicyclic) bond motifs is 5. The van der Waals surface area contributed by atoms with E-state index >= 15 is 0 Å². The molecule has 5 unspecified atom stereocenters. The highest BCUT2D eigenvalue weighted by molar-refractivity contribution is 6.22. The van der Waals surface area contributed by atoms with Crippen LogP contribution >= 0.6 is 0 Å². The number of amides is 2. The first-order chi connectivity index (χ1) is 12.1. The van der Waals surface area contributed by atoms with Crippen LogP contribution in [0.2, 0.25) is 0 Å². The zero-order chi connectivity index (χ0) is 17.1. The van der Waals surface area contributed by atoms with Crippen molar-refractivity contribution >= 4 is 17.5 Å². The van der Waals surface area contributed by atoms with Crippen molar-refractivity contribution in [2.24, 2.45) is 23.7 Å². The second-order valence-corrected chi connectivity index (χ2v) is 7.45. The van der Waals surface area contributed by atoms with E-state index in [0.717, 1.165) is 12.8 Å². The van der Waals surface area contributed by atoms with Gasteiger partial charge in [-0.1, -0.05) is 30.3 Å². The van der Waals surface area contributed by atoms with Crippen LogP contribution in [-0.4, -0.2) is 11.8 Å². The fraction of sp³-hybridized carbons (Fsp3) is 0.333. The lowest BCUT2D eigenvalue weighted by atomic mass is 9.73. The molecule has 2 aromatic rings. The topological polar surface area (TPSA) is 37.4 Å². The summed E-state index contributed by atoms with van der Waals surface area (Å²) in [6, 6.07) is 15.9. The van der Waals surface area contributed by atoms with Crippen molar-refractivity contribution in [1.29, 1.82) is 0 Å². The summed E-state index contributed by atoms with van der Waals surface area (Å²) < 4.78 is 13.2. The minimum absolute atomic E-state index is 0.0966. The van der Waals surface area contributed by atoms with E-state index in [1.165, 1.54) is 34.7 Å². The predicted molar refractivity (Wildman–Crippen MR) is 91.3 cm³/mol. The van der Waals surface area contributed by atoms with Crippen LogP contribution in [0.25, 0.3) is 0 Å². The first-order valence-electron chi connectivity index (χ1n) is 8.83. The van der Waals surface area contributed by atoms with Gasteiger partial charge in [0.25, 0.3) is 0 Å². The molecular formula is C21H18FNO2. The molecular weight excluding hydrogens is 317 g/mol. The van der Waals surface area contributed by atoms with E-state index in [-0.39, 0.29) is 41.3 Å². The molecule has 0 radical (unpaired) electrons. The number of benzene rings is 2. The number of anilines is 1.